The maximum absolute atomic E-state index is 12.1. The third-order valence-electron chi connectivity index (χ3n) is 3.55. The fraction of sp³-hybridized carbons (Fsp3) is 0.533. The summed E-state index contributed by atoms with van der Waals surface area (Å²) >= 11 is 5.63. The van der Waals surface area contributed by atoms with Gasteiger partial charge in [-0.15, -0.1) is 11.6 Å². The summed E-state index contributed by atoms with van der Waals surface area (Å²) in [5.41, 5.74) is 2.79. The highest BCUT2D eigenvalue weighted by Gasteiger charge is 2.17. The van der Waals surface area contributed by atoms with Crippen LogP contribution >= 0.6 is 11.6 Å². The molecule has 2 nitrogen and oxygen atoms in total. The predicted octanol–water partition coefficient (Wildman–Crippen LogP) is 3.02. The van der Waals surface area contributed by atoms with Gasteiger partial charge in [0.2, 0.25) is 5.91 Å². The molecule has 1 amide bonds. The lowest BCUT2D eigenvalue weighted by molar-refractivity contribution is -0.131. The molecule has 98 valence electrons. The molecule has 0 saturated heterocycles. The summed E-state index contributed by atoms with van der Waals surface area (Å²) in [6.07, 6.45) is 4.45. The number of fused-ring (bicyclic) bond motifs is 1. The number of carbonyl (C=O) groups excluding carboxylic acids is 1. The van der Waals surface area contributed by atoms with Gasteiger partial charge in [0.15, 0.2) is 0 Å². The van der Waals surface area contributed by atoms with E-state index in [0.29, 0.717) is 12.3 Å². The monoisotopic (exact) mass is 265 g/mol. The van der Waals surface area contributed by atoms with Gasteiger partial charge in [0.1, 0.15) is 0 Å². The Morgan fingerprint density at radius 3 is 2.28 bits per heavy atom. The Hall–Kier alpha value is -1.02. The van der Waals surface area contributed by atoms with Crippen molar-refractivity contribution in [1.29, 1.82) is 0 Å². The van der Waals surface area contributed by atoms with Crippen molar-refractivity contribution in [3.05, 3.63) is 35.4 Å². The number of unbranched alkanes of at least 4 members (excludes halogenated alkanes) is 1. The van der Waals surface area contributed by atoms with Crippen molar-refractivity contribution in [1.82, 2.24) is 4.90 Å². The number of amides is 1. The van der Waals surface area contributed by atoms with Crippen LogP contribution in [0.3, 0.4) is 0 Å². The zero-order valence-electron chi connectivity index (χ0n) is 10.7. The quantitative estimate of drug-likeness (QED) is 0.605. The molecular formula is C15H20ClNO. The van der Waals surface area contributed by atoms with Crippen LogP contribution in [0.1, 0.15) is 30.4 Å². The zero-order chi connectivity index (χ0) is 12.8. The molecule has 0 saturated carbocycles. The fourth-order valence-corrected chi connectivity index (χ4v) is 2.64. The van der Waals surface area contributed by atoms with E-state index in [1.165, 1.54) is 11.1 Å². The third kappa shape index (κ3) is 3.49. The number of benzene rings is 1. The van der Waals surface area contributed by atoms with Crippen LogP contribution in [0.25, 0.3) is 0 Å². The number of nitrogens with zero attached hydrogens (tertiary/aromatic N) is 1. The number of alkyl halides is 1. The van der Waals surface area contributed by atoms with Crippen molar-refractivity contribution in [3.63, 3.8) is 0 Å². The van der Waals surface area contributed by atoms with Crippen LogP contribution in [0.4, 0.5) is 0 Å². The Morgan fingerprint density at radius 1 is 1.11 bits per heavy atom. The first-order valence-electron chi connectivity index (χ1n) is 6.72. The normalized spacial score (nSPS) is 15.1. The molecule has 1 aliphatic rings. The molecule has 2 rings (SSSR count). The summed E-state index contributed by atoms with van der Waals surface area (Å²) in [7, 11) is 0. The van der Waals surface area contributed by atoms with Gasteiger partial charge in [-0.2, -0.15) is 0 Å². The summed E-state index contributed by atoms with van der Waals surface area (Å²) in [4.78, 5) is 14.1. The first kappa shape index (κ1) is 13.4. The van der Waals surface area contributed by atoms with Gasteiger partial charge in [-0.1, -0.05) is 24.3 Å². The van der Waals surface area contributed by atoms with Gasteiger partial charge in [0.05, 0.1) is 0 Å². The van der Waals surface area contributed by atoms with E-state index in [1.807, 2.05) is 4.90 Å². The Kier molecular flexibility index (Phi) is 5.06. The number of rotatable bonds is 4. The van der Waals surface area contributed by atoms with Crippen molar-refractivity contribution in [2.24, 2.45) is 0 Å². The van der Waals surface area contributed by atoms with Crippen molar-refractivity contribution in [3.8, 4) is 0 Å². The topological polar surface area (TPSA) is 20.3 Å². The highest BCUT2D eigenvalue weighted by atomic mass is 35.5. The van der Waals surface area contributed by atoms with E-state index in [9.17, 15) is 4.79 Å². The Morgan fingerprint density at radius 2 is 1.72 bits per heavy atom. The van der Waals surface area contributed by atoms with E-state index < -0.39 is 0 Å². The van der Waals surface area contributed by atoms with E-state index in [4.69, 9.17) is 11.6 Å². The fourth-order valence-electron chi connectivity index (χ4n) is 2.45. The molecule has 0 bridgehead atoms. The standard InChI is InChI=1S/C15H20ClNO/c16-10-4-3-7-15(18)17-11-8-13-5-1-2-6-14(13)9-12-17/h1-2,5-6H,3-4,7-12H2. The Balaban J connectivity index is 1.89. The Labute approximate surface area is 114 Å². The van der Waals surface area contributed by atoms with Crippen molar-refractivity contribution < 1.29 is 4.79 Å². The van der Waals surface area contributed by atoms with Crippen molar-refractivity contribution in [2.45, 2.75) is 32.1 Å². The van der Waals surface area contributed by atoms with Crippen LogP contribution in [-0.2, 0) is 17.6 Å². The zero-order valence-corrected chi connectivity index (χ0v) is 11.5. The number of hydrogen-bond donors (Lipinski definition) is 0. The number of carbonyl (C=O) groups is 1. The van der Waals surface area contributed by atoms with E-state index in [-0.39, 0.29) is 5.91 Å². The van der Waals surface area contributed by atoms with Crippen molar-refractivity contribution >= 4 is 17.5 Å². The molecule has 1 aliphatic heterocycles. The van der Waals surface area contributed by atoms with E-state index in [0.717, 1.165) is 38.8 Å². The highest BCUT2D eigenvalue weighted by Crippen LogP contribution is 2.16. The molecular weight excluding hydrogens is 246 g/mol. The molecule has 0 aliphatic carbocycles. The summed E-state index contributed by atoms with van der Waals surface area (Å²) in [5, 5.41) is 0. The van der Waals surface area contributed by atoms with Gasteiger partial charge in [0.25, 0.3) is 0 Å². The highest BCUT2D eigenvalue weighted by molar-refractivity contribution is 6.17. The molecule has 0 N–H and O–H groups in total. The number of halogens is 1. The summed E-state index contributed by atoms with van der Waals surface area (Å²) in [6.45, 7) is 1.72. The molecule has 1 heterocycles. The maximum Gasteiger partial charge on any atom is 0.222 e. The van der Waals surface area contributed by atoms with Gasteiger partial charge < -0.3 is 4.90 Å². The minimum absolute atomic E-state index is 0.285. The van der Waals surface area contributed by atoms with Gasteiger partial charge in [-0.05, 0) is 36.8 Å². The third-order valence-corrected chi connectivity index (χ3v) is 3.81. The lowest BCUT2D eigenvalue weighted by atomic mass is 10.0. The number of hydrogen-bond acceptors (Lipinski definition) is 1. The predicted molar refractivity (Wildman–Crippen MR) is 75.0 cm³/mol. The first-order valence-corrected chi connectivity index (χ1v) is 7.25. The largest absolute Gasteiger partial charge is 0.342 e. The van der Waals surface area contributed by atoms with Crippen LogP contribution in [0.5, 0.6) is 0 Å². The first-order chi connectivity index (χ1) is 8.81. The molecule has 0 aromatic heterocycles. The molecule has 0 radical (unpaired) electrons. The second kappa shape index (κ2) is 6.79. The van der Waals surface area contributed by atoms with Crippen LogP contribution in [0.2, 0.25) is 0 Å². The summed E-state index contributed by atoms with van der Waals surface area (Å²) in [6, 6.07) is 8.52. The van der Waals surface area contributed by atoms with Crippen LogP contribution in [0.15, 0.2) is 24.3 Å². The maximum atomic E-state index is 12.1. The molecule has 0 unspecified atom stereocenters. The lowest BCUT2D eigenvalue weighted by Gasteiger charge is -2.20. The van der Waals surface area contributed by atoms with Crippen LogP contribution in [-0.4, -0.2) is 29.8 Å². The molecule has 18 heavy (non-hydrogen) atoms. The van der Waals surface area contributed by atoms with Crippen LogP contribution in [0, 0.1) is 0 Å². The van der Waals surface area contributed by atoms with E-state index >= 15 is 0 Å². The van der Waals surface area contributed by atoms with E-state index in [2.05, 4.69) is 24.3 Å². The minimum atomic E-state index is 0.285. The molecule has 3 heteroatoms. The molecule has 0 spiro atoms. The SMILES string of the molecule is O=C(CCCCCl)N1CCc2ccccc2CC1. The summed E-state index contributed by atoms with van der Waals surface area (Å²) < 4.78 is 0. The van der Waals surface area contributed by atoms with E-state index in [1.54, 1.807) is 0 Å². The van der Waals surface area contributed by atoms with Gasteiger partial charge in [-0.25, -0.2) is 0 Å². The lowest BCUT2D eigenvalue weighted by Crippen LogP contribution is -2.33. The Bertz CT molecular complexity index is 378. The molecule has 1 aromatic carbocycles. The average molecular weight is 266 g/mol. The van der Waals surface area contributed by atoms with Gasteiger partial charge in [0, 0.05) is 25.4 Å². The minimum Gasteiger partial charge on any atom is -0.342 e. The smallest absolute Gasteiger partial charge is 0.222 e. The second-order valence-electron chi connectivity index (χ2n) is 4.80. The average Bonchev–Trinajstić information content (AvgIpc) is 2.61. The second-order valence-corrected chi connectivity index (χ2v) is 5.17. The summed E-state index contributed by atoms with van der Waals surface area (Å²) in [5.74, 6) is 0.937. The van der Waals surface area contributed by atoms with Gasteiger partial charge >= 0.3 is 0 Å². The molecule has 1 aromatic rings. The van der Waals surface area contributed by atoms with Crippen molar-refractivity contribution in [2.75, 3.05) is 19.0 Å². The molecule has 0 fully saturated rings. The molecule has 0 atom stereocenters. The van der Waals surface area contributed by atoms with Gasteiger partial charge in [-0.3, -0.25) is 4.79 Å². The van der Waals surface area contributed by atoms with Crippen LogP contribution < -0.4 is 0 Å².